The fourth-order valence-electron chi connectivity index (χ4n) is 3.01. The molecule has 5 nitrogen and oxygen atoms in total. The molecule has 1 aromatic heterocycles. The van der Waals surface area contributed by atoms with Gasteiger partial charge in [0.2, 0.25) is 0 Å². The fourth-order valence-corrected chi connectivity index (χ4v) is 5.91. The zero-order valence-corrected chi connectivity index (χ0v) is 16.7. The van der Waals surface area contributed by atoms with Crippen LogP contribution in [0.15, 0.2) is 46.0 Å². The van der Waals surface area contributed by atoms with Crippen LogP contribution in [0.25, 0.3) is 0 Å². The van der Waals surface area contributed by atoms with Crippen LogP contribution < -0.4 is 0 Å². The first-order valence-corrected chi connectivity index (χ1v) is 11.1. The second kappa shape index (κ2) is 8.08. The molecular weight excluding hydrogens is 394 g/mol. The number of hydrogen-bond donors (Lipinski definition) is 0. The summed E-state index contributed by atoms with van der Waals surface area (Å²) in [5, 5.41) is 2.30. The Hall–Kier alpha value is -1.41. The van der Waals surface area contributed by atoms with E-state index in [1.165, 1.54) is 15.6 Å². The molecule has 1 saturated heterocycles. The smallest absolute Gasteiger partial charge is 0.309 e. The lowest BCUT2D eigenvalue weighted by Gasteiger charge is -2.30. The van der Waals surface area contributed by atoms with Crippen LogP contribution >= 0.6 is 22.9 Å². The summed E-state index contributed by atoms with van der Waals surface area (Å²) in [6, 6.07) is 10.6. The molecule has 1 aliphatic rings. The summed E-state index contributed by atoms with van der Waals surface area (Å²) in [6.45, 7) is 2.43. The summed E-state index contributed by atoms with van der Waals surface area (Å²) in [6.07, 6.45) is 0.473. The van der Waals surface area contributed by atoms with Crippen LogP contribution in [0.5, 0.6) is 0 Å². The van der Waals surface area contributed by atoms with E-state index in [1.54, 1.807) is 30.5 Å². The number of piperidine rings is 1. The Morgan fingerprint density at radius 1 is 1.23 bits per heavy atom. The average Bonchev–Trinajstić information content (AvgIpc) is 3.17. The second-order valence-corrected chi connectivity index (χ2v) is 9.73. The lowest BCUT2D eigenvalue weighted by Crippen LogP contribution is -2.40. The van der Waals surface area contributed by atoms with E-state index in [0.717, 1.165) is 5.56 Å². The molecule has 1 fully saturated rings. The van der Waals surface area contributed by atoms with Crippen molar-refractivity contribution in [3.8, 4) is 0 Å². The molecule has 0 radical (unpaired) electrons. The highest BCUT2D eigenvalue weighted by molar-refractivity contribution is 7.91. The molecule has 8 heteroatoms. The number of halogens is 1. The Kier molecular flexibility index (Phi) is 6.02. The number of rotatable bonds is 5. The molecule has 0 aliphatic carbocycles. The van der Waals surface area contributed by atoms with Crippen LogP contribution in [0.2, 0.25) is 5.02 Å². The zero-order valence-electron chi connectivity index (χ0n) is 14.3. The Bertz CT molecular complexity index is 859. The number of esters is 1. The van der Waals surface area contributed by atoms with Crippen LogP contribution in [0.1, 0.15) is 31.4 Å². The van der Waals surface area contributed by atoms with Gasteiger partial charge in [-0.15, -0.1) is 11.3 Å². The van der Waals surface area contributed by atoms with E-state index in [9.17, 15) is 13.2 Å². The van der Waals surface area contributed by atoms with Gasteiger partial charge < -0.3 is 4.74 Å². The SMILES string of the molecule is C[C@H](OC(=O)C1CCN(S(=O)(=O)c2cccs2)CC1)c1ccccc1Cl. The number of thiophene rings is 1. The van der Waals surface area contributed by atoms with E-state index >= 15 is 0 Å². The van der Waals surface area contributed by atoms with Crippen molar-refractivity contribution in [3.63, 3.8) is 0 Å². The highest BCUT2D eigenvalue weighted by Gasteiger charge is 2.33. The van der Waals surface area contributed by atoms with Gasteiger partial charge in [0.25, 0.3) is 10.0 Å². The predicted octanol–water partition coefficient (Wildman–Crippen LogP) is 4.11. The minimum atomic E-state index is -3.46. The van der Waals surface area contributed by atoms with Crippen LogP contribution in [-0.4, -0.2) is 31.8 Å². The number of hydrogen-bond acceptors (Lipinski definition) is 5. The van der Waals surface area contributed by atoms with Gasteiger partial charge >= 0.3 is 5.97 Å². The number of benzene rings is 1. The summed E-state index contributed by atoms with van der Waals surface area (Å²) >= 11 is 7.35. The van der Waals surface area contributed by atoms with Crippen LogP contribution in [0.4, 0.5) is 0 Å². The average molecular weight is 414 g/mol. The monoisotopic (exact) mass is 413 g/mol. The van der Waals surface area contributed by atoms with Gasteiger partial charge in [-0.3, -0.25) is 4.79 Å². The van der Waals surface area contributed by atoms with E-state index in [4.69, 9.17) is 16.3 Å². The van der Waals surface area contributed by atoms with Crippen molar-refractivity contribution in [2.24, 2.45) is 5.92 Å². The summed E-state index contributed by atoms with van der Waals surface area (Å²) in [4.78, 5) is 12.4. The molecule has 3 rings (SSSR count). The Labute approximate surface area is 162 Å². The van der Waals surface area contributed by atoms with Crippen LogP contribution in [0.3, 0.4) is 0 Å². The topological polar surface area (TPSA) is 63.7 Å². The lowest BCUT2D eigenvalue weighted by molar-refractivity contribution is -0.154. The third-order valence-electron chi connectivity index (χ3n) is 4.51. The van der Waals surface area contributed by atoms with Crippen molar-refractivity contribution in [3.05, 3.63) is 52.4 Å². The van der Waals surface area contributed by atoms with Crippen molar-refractivity contribution >= 4 is 38.9 Å². The normalized spacial score (nSPS) is 17.8. The zero-order chi connectivity index (χ0) is 18.7. The number of ether oxygens (including phenoxy) is 1. The van der Waals surface area contributed by atoms with Crippen LogP contribution in [0, 0.1) is 5.92 Å². The van der Waals surface area contributed by atoms with Gasteiger partial charge in [0.05, 0.1) is 5.92 Å². The van der Waals surface area contributed by atoms with Gasteiger partial charge in [-0.2, -0.15) is 4.31 Å². The number of carbonyl (C=O) groups excluding carboxylic acids is 1. The maximum Gasteiger partial charge on any atom is 0.309 e. The molecule has 2 heterocycles. The molecular formula is C18H20ClNO4S2. The van der Waals surface area contributed by atoms with Gasteiger partial charge in [0.1, 0.15) is 10.3 Å². The van der Waals surface area contributed by atoms with E-state index in [2.05, 4.69) is 0 Å². The van der Waals surface area contributed by atoms with Gasteiger partial charge in [0.15, 0.2) is 0 Å². The number of carbonyl (C=O) groups is 1. The van der Waals surface area contributed by atoms with Crippen molar-refractivity contribution < 1.29 is 17.9 Å². The molecule has 1 atom stereocenters. The highest BCUT2D eigenvalue weighted by Crippen LogP contribution is 2.30. The van der Waals surface area contributed by atoms with E-state index < -0.39 is 16.1 Å². The summed E-state index contributed by atoms with van der Waals surface area (Å²) in [5.74, 6) is -0.597. The van der Waals surface area contributed by atoms with Crippen molar-refractivity contribution in [2.45, 2.75) is 30.1 Å². The molecule has 26 heavy (non-hydrogen) atoms. The van der Waals surface area contributed by atoms with E-state index in [1.807, 2.05) is 18.2 Å². The minimum Gasteiger partial charge on any atom is -0.458 e. The van der Waals surface area contributed by atoms with Crippen molar-refractivity contribution in [1.82, 2.24) is 4.31 Å². The van der Waals surface area contributed by atoms with E-state index in [0.29, 0.717) is 35.2 Å². The second-order valence-electron chi connectivity index (χ2n) is 6.21. The maximum absolute atomic E-state index is 12.5. The molecule has 1 aliphatic heterocycles. The first-order valence-electron chi connectivity index (χ1n) is 8.38. The molecule has 1 aromatic carbocycles. The van der Waals surface area contributed by atoms with Gasteiger partial charge in [0, 0.05) is 23.7 Å². The number of nitrogens with zero attached hydrogens (tertiary/aromatic N) is 1. The Balaban J connectivity index is 1.58. The van der Waals surface area contributed by atoms with Crippen LogP contribution in [-0.2, 0) is 19.6 Å². The third kappa shape index (κ3) is 4.11. The number of sulfonamides is 1. The third-order valence-corrected chi connectivity index (χ3v) is 8.13. The molecule has 0 saturated carbocycles. The molecule has 0 unspecified atom stereocenters. The van der Waals surface area contributed by atoms with Gasteiger partial charge in [-0.05, 0) is 37.3 Å². The van der Waals surface area contributed by atoms with Crippen molar-refractivity contribution in [2.75, 3.05) is 13.1 Å². The molecule has 0 N–H and O–H groups in total. The summed E-state index contributed by atoms with van der Waals surface area (Å²) in [5.41, 5.74) is 0.764. The standard InChI is InChI=1S/C18H20ClNO4S2/c1-13(15-5-2-3-6-16(15)19)24-18(21)14-8-10-20(11-9-14)26(22,23)17-7-4-12-25-17/h2-7,12-14H,8-11H2,1H3/t13-/m0/s1. The molecule has 140 valence electrons. The lowest BCUT2D eigenvalue weighted by atomic mass is 9.98. The van der Waals surface area contributed by atoms with Gasteiger partial charge in [-0.25, -0.2) is 8.42 Å². The molecule has 0 bridgehead atoms. The van der Waals surface area contributed by atoms with Gasteiger partial charge in [-0.1, -0.05) is 35.9 Å². The Morgan fingerprint density at radius 2 is 1.92 bits per heavy atom. The van der Waals surface area contributed by atoms with E-state index in [-0.39, 0.29) is 11.9 Å². The maximum atomic E-state index is 12.5. The minimum absolute atomic E-state index is 0.297. The predicted molar refractivity (Wildman–Crippen MR) is 102 cm³/mol. The molecule has 0 spiro atoms. The molecule has 2 aromatic rings. The van der Waals surface area contributed by atoms with Crippen molar-refractivity contribution in [1.29, 1.82) is 0 Å². The summed E-state index contributed by atoms with van der Waals surface area (Å²) in [7, 11) is -3.46. The largest absolute Gasteiger partial charge is 0.458 e. The molecule has 0 amide bonds. The first kappa shape index (κ1) is 19.4. The highest BCUT2D eigenvalue weighted by atomic mass is 35.5. The summed E-state index contributed by atoms with van der Waals surface area (Å²) < 4.78 is 32.4. The Morgan fingerprint density at radius 3 is 2.54 bits per heavy atom. The quantitative estimate of drug-likeness (QED) is 0.692. The first-order chi connectivity index (χ1) is 12.4. The fraction of sp³-hybridized carbons (Fsp3) is 0.389.